The van der Waals surface area contributed by atoms with E-state index >= 15 is 0 Å². The first-order chi connectivity index (χ1) is 8.45. The van der Waals surface area contributed by atoms with E-state index in [1.54, 1.807) is 6.07 Å². The first-order valence-corrected chi connectivity index (χ1v) is 6.64. The van der Waals surface area contributed by atoms with E-state index in [0.717, 1.165) is 0 Å². The fourth-order valence-corrected chi connectivity index (χ4v) is 2.57. The molecule has 0 fully saturated rings. The molecule has 94 valence electrons. The van der Waals surface area contributed by atoms with Gasteiger partial charge in [-0.3, -0.25) is 0 Å². The van der Waals surface area contributed by atoms with Crippen molar-refractivity contribution in [3.05, 3.63) is 38.1 Å². The molecule has 4 nitrogen and oxygen atoms in total. The Morgan fingerprint density at radius 1 is 1.22 bits per heavy atom. The third kappa shape index (κ3) is 3.09. The summed E-state index contributed by atoms with van der Waals surface area (Å²) < 4.78 is 14.1. The predicted molar refractivity (Wildman–Crippen MR) is 76.5 cm³/mol. The first kappa shape index (κ1) is 13.5. The number of nitrogens with two attached hydrogens (primary N) is 1. The summed E-state index contributed by atoms with van der Waals surface area (Å²) in [4.78, 5) is 8.06. The molecule has 0 amide bonds. The minimum absolute atomic E-state index is 0.212. The number of hydrogen-bond acceptors (Lipinski definition) is 4. The quantitative estimate of drug-likeness (QED) is 0.750. The van der Waals surface area contributed by atoms with Crippen molar-refractivity contribution in [3.8, 4) is 0 Å². The number of nitrogens with one attached hydrogen (secondary N) is 1. The molecule has 0 unspecified atom stereocenters. The maximum absolute atomic E-state index is 13.1. The van der Waals surface area contributed by atoms with Crippen LogP contribution in [0.3, 0.4) is 0 Å². The zero-order chi connectivity index (χ0) is 13.3. The van der Waals surface area contributed by atoms with Crippen molar-refractivity contribution >= 4 is 60.9 Å². The van der Waals surface area contributed by atoms with Crippen molar-refractivity contribution < 1.29 is 4.39 Å². The summed E-state index contributed by atoms with van der Waals surface area (Å²) in [7, 11) is 0. The van der Waals surface area contributed by atoms with Gasteiger partial charge >= 0.3 is 0 Å². The van der Waals surface area contributed by atoms with Crippen LogP contribution in [0.5, 0.6) is 0 Å². The van der Waals surface area contributed by atoms with Gasteiger partial charge in [0.05, 0.1) is 10.7 Å². The number of aromatic nitrogens is 2. The molecule has 0 aliphatic rings. The van der Waals surface area contributed by atoms with E-state index in [-0.39, 0.29) is 11.0 Å². The van der Waals surface area contributed by atoms with Crippen LogP contribution in [-0.4, -0.2) is 9.97 Å². The Labute approximate surface area is 124 Å². The van der Waals surface area contributed by atoms with Crippen molar-refractivity contribution in [2.24, 2.45) is 0 Å². The van der Waals surface area contributed by atoms with Crippen molar-refractivity contribution in [2.75, 3.05) is 11.1 Å². The van der Waals surface area contributed by atoms with Gasteiger partial charge < -0.3 is 11.1 Å². The molecular weight excluding hydrogens is 390 g/mol. The summed E-state index contributed by atoms with van der Waals surface area (Å²) in [6.45, 7) is 0. The van der Waals surface area contributed by atoms with Gasteiger partial charge in [-0.1, -0.05) is 11.6 Å². The number of nitrogen functional groups attached to an aromatic ring is 1. The van der Waals surface area contributed by atoms with Crippen LogP contribution in [0.2, 0.25) is 5.02 Å². The summed E-state index contributed by atoms with van der Waals surface area (Å²) in [5.41, 5.74) is 6.06. The Morgan fingerprint density at radius 3 is 2.56 bits per heavy atom. The van der Waals surface area contributed by atoms with Gasteiger partial charge in [0.1, 0.15) is 16.2 Å². The van der Waals surface area contributed by atoms with E-state index in [1.807, 2.05) is 0 Å². The summed E-state index contributed by atoms with van der Waals surface area (Å²) in [5.74, 6) is 0.122. The highest BCUT2D eigenvalue weighted by atomic mass is 79.9. The molecule has 1 heterocycles. The van der Waals surface area contributed by atoms with Gasteiger partial charge in [-0.05, 0) is 44.0 Å². The Balaban J connectivity index is 2.40. The van der Waals surface area contributed by atoms with Gasteiger partial charge in [0.15, 0.2) is 0 Å². The lowest BCUT2D eigenvalue weighted by Gasteiger charge is -2.10. The molecule has 2 aromatic rings. The van der Waals surface area contributed by atoms with Crippen LogP contribution in [0.25, 0.3) is 0 Å². The average molecular weight is 396 g/mol. The molecule has 0 bridgehead atoms. The smallest absolute Gasteiger partial charge is 0.230 e. The Hall–Kier alpha value is -0.920. The summed E-state index contributed by atoms with van der Waals surface area (Å²) in [6, 6.07) is 4.04. The largest absolute Gasteiger partial charge is 0.383 e. The van der Waals surface area contributed by atoms with E-state index in [0.29, 0.717) is 20.6 Å². The summed E-state index contributed by atoms with van der Waals surface area (Å²) >= 11 is 12.3. The lowest BCUT2D eigenvalue weighted by atomic mass is 10.3. The van der Waals surface area contributed by atoms with E-state index in [2.05, 4.69) is 47.1 Å². The number of halogens is 4. The van der Waals surface area contributed by atoms with Crippen LogP contribution >= 0.6 is 43.5 Å². The Kier molecular flexibility index (Phi) is 4.04. The molecule has 2 rings (SSSR count). The molecule has 8 heteroatoms. The molecule has 0 saturated heterocycles. The van der Waals surface area contributed by atoms with Gasteiger partial charge in [0.25, 0.3) is 0 Å². The lowest BCUT2D eigenvalue weighted by Crippen LogP contribution is -2.01. The van der Waals surface area contributed by atoms with Crippen molar-refractivity contribution in [1.29, 1.82) is 0 Å². The van der Waals surface area contributed by atoms with E-state index in [1.165, 1.54) is 12.1 Å². The molecular formula is C10H6Br2ClFN4. The highest BCUT2D eigenvalue weighted by Gasteiger charge is 2.10. The second-order valence-electron chi connectivity index (χ2n) is 3.31. The topological polar surface area (TPSA) is 63.8 Å². The van der Waals surface area contributed by atoms with Crippen molar-refractivity contribution in [3.63, 3.8) is 0 Å². The third-order valence-corrected chi connectivity index (χ3v) is 3.29. The van der Waals surface area contributed by atoms with Crippen LogP contribution in [0.15, 0.2) is 27.3 Å². The number of nitrogens with zero attached hydrogens (tertiary/aromatic N) is 2. The van der Waals surface area contributed by atoms with Gasteiger partial charge in [0.2, 0.25) is 5.95 Å². The van der Waals surface area contributed by atoms with Gasteiger partial charge in [-0.15, -0.1) is 0 Å². The fraction of sp³-hybridized carbons (Fsp3) is 0. The molecule has 18 heavy (non-hydrogen) atoms. The fourth-order valence-electron chi connectivity index (χ4n) is 1.26. The van der Waals surface area contributed by atoms with Crippen molar-refractivity contribution in [2.45, 2.75) is 0 Å². The second-order valence-corrected chi connectivity index (χ2v) is 5.38. The van der Waals surface area contributed by atoms with E-state index < -0.39 is 5.82 Å². The molecule has 0 radical (unpaired) electrons. The van der Waals surface area contributed by atoms with Crippen LogP contribution in [0, 0.1) is 5.82 Å². The van der Waals surface area contributed by atoms with Gasteiger partial charge in [-0.2, -0.15) is 4.98 Å². The molecule has 1 aromatic heterocycles. The highest BCUT2D eigenvalue weighted by molar-refractivity contribution is 9.10. The lowest BCUT2D eigenvalue weighted by molar-refractivity contribution is 0.627. The van der Waals surface area contributed by atoms with Crippen LogP contribution in [-0.2, 0) is 0 Å². The standard InChI is InChI=1S/C10H6Br2ClFN4/c11-5-1-4(14)2-6(13)9(5)18-10-16-7(12)3-8(15)17-10/h1-3H,(H3,15,16,17,18). The number of rotatable bonds is 2. The predicted octanol–water partition coefficient (Wildman–Crippen LogP) is 4.12. The average Bonchev–Trinajstić information content (AvgIpc) is 2.22. The maximum atomic E-state index is 13.1. The zero-order valence-electron chi connectivity index (χ0n) is 8.72. The number of anilines is 3. The molecule has 0 aliphatic carbocycles. The number of hydrogen-bond donors (Lipinski definition) is 2. The third-order valence-electron chi connectivity index (χ3n) is 1.96. The Bertz CT molecular complexity index is 565. The molecule has 0 spiro atoms. The van der Waals surface area contributed by atoms with E-state index in [9.17, 15) is 4.39 Å². The maximum Gasteiger partial charge on any atom is 0.230 e. The normalized spacial score (nSPS) is 10.4. The number of benzene rings is 1. The van der Waals surface area contributed by atoms with Crippen LogP contribution in [0.4, 0.5) is 21.8 Å². The van der Waals surface area contributed by atoms with Crippen LogP contribution in [0.1, 0.15) is 0 Å². The molecule has 3 N–H and O–H groups in total. The van der Waals surface area contributed by atoms with Crippen molar-refractivity contribution in [1.82, 2.24) is 9.97 Å². The SMILES string of the molecule is Nc1cc(Br)nc(Nc2c(Cl)cc(F)cc2Br)n1. The molecule has 1 aromatic carbocycles. The van der Waals surface area contributed by atoms with E-state index in [4.69, 9.17) is 17.3 Å². The summed E-state index contributed by atoms with van der Waals surface area (Å²) in [6.07, 6.45) is 0. The minimum Gasteiger partial charge on any atom is -0.383 e. The Morgan fingerprint density at radius 2 is 1.94 bits per heavy atom. The molecule has 0 aliphatic heterocycles. The zero-order valence-corrected chi connectivity index (χ0v) is 12.6. The highest BCUT2D eigenvalue weighted by Crippen LogP contribution is 2.33. The first-order valence-electron chi connectivity index (χ1n) is 4.67. The molecule has 0 atom stereocenters. The molecule has 0 saturated carbocycles. The monoisotopic (exact) mass is 394 g/mol. The van der Waals surface area contributed by atoms with Gasteiger partial charge in [0, 0.05) is 10.5 Å². The van der Waals surface area contributed by atoms with Gasteiger partial charge in [-0.25, -0.2) is 9.37 Å². The van der Waals surface area contributed by atoms with Crippen LogP contribution < -0.4 is 11.1 Å². The minimum atomic E-state index is -0.438. The summed E-state index contributed by atoms with van der Waals surface area (Å²) in [5, 5.41) is 3.08. The second kappa shape index (κ2) is 5.38.